The number of imide groups is 1. The lowest BCUT2D eigenvalue weighted by Gasteiger charge is -2.22. The molecule has 3 rings (SSSR count). The smallest absolute Gasteiger partial charge is 0.261 e. The first-order valence-corrected chi connectivity index (χ1v) is 10.8. The topological polar surface area (TPSA) is 60.9 Å². The van der Waals surface area contributed by atoms with Gasteiger partial charge in [-0.15, -0.1) is 0 Å². The highest BCUT2D eigenvalue weighted by atomic mass is 79.9. The van der Waals surface area contributed by atoms with E-state index in [0.717, 1.165) is 15.7 Å². The van der Waals surface area contributed by atoms with Crippen molar-refractivity contribution in [3.8, 4) is 0 Å². The highest BCUT2D eigenvalue weighted by molar-refractivity contribution is 9.10. The third kappa shape index (κ3) is 4.73. The first kappa shape index (κ1) is 22.0. The van der Waals surface area contributed by atoms with Gasteiger partial charge in [-0.3, -0.25) is 19.3 Å². The number of carbonyl (C=O) groups is 3. The second-order valence-corrected chi connectivity index (χ2v) is 8.44. The molecule has 0 radical (unpaired) electrons. The van der Waals surface area contributed by atoms with Crippen molar-refractivity contribution in [2.75, 3.05) is 32.1 Å². The first-order chi connectivity index (χ1) is 14.3. The molecule has 3 amide bonds. The molecule has 1 heterocycles. The lowest BCUT2D eigenvalue weighted by Crippen LogP contribution is -2.33. The molecule has 0 unspecified atom stereocenters. The molecule has 0 aromatic heterocycles. The zero-order chi connectivity index (χ0) is 21.8. The highest BCUT2D eigenvalue weighted by Gasteiger charge is 2.35. The summed E-state index contributed by atoms with van der Waals surface area (Å²) in [6.45, 7) is 3.35. The van der Waals surface area contributed by atoms with E-state index >= 15 is 0 Å². The number of hydrogen-bond donors (Lipinski definition) is 0. The Hall–Kier alpha value is -2.67. The van der Waals surface area contributed by atoms with Crippen LogP contribution in [0, 0.1) is 0 Å². The van der Waals surface area contributed by atoms with Crippen molar-refractivity contribution in [1.29, 1.82) is 0 Å². The summed E-state index contributed by atoms with van der Waals surface area (Å²) in [7, 11) is 3.98. The third-order valence-electron chi connectivity index (χ3n) is 5.27. The minimum Gasteiger partial charge on any atom is -0.378 e. The Morgan fingerprint density at radius 1 is 1.00 bits per heavy atom. The summed E-state index contributed by atoms with van der Waals surface area (Å²) in [5.74, 6) is -0.561. The molecule has 0 saturated carbocycles. The maximum Gasteiger partial charge on any atom is 0.261 e. The summed E-state index contributed by atoms with van der Waals surface area (Å²) < 4.78 is 0.761. The Labute approximate surface area is 185 Å². The molecule has 0 fully saturated rings. The van der Waals surface area contributed by atoms with Gasteiger partial charge in [-0.05, 0) is 49.2 Å². The molecular formula is C23H26BrN3O3. The van der Waals surface area contributed by atoms with Crippen molar-refractivity contribution >= 4 is 39.3 Å². The van der Waals surface area contributed by atoms with Crippen molar-refractivity contribution in [3.05, 3.63) is 63.6 Å². The Bertz CT molecular complexity index is 957. The number of carbonyl (C=O) groups excluding carboxylic acids is 3. The van der Waals surface area contributed by atoms with E-state index in [1.165, 1.54) is 4.90 Å². The van der Waals surface area contributed by atoms with Crippen LogP contribution in [0.4, 0.5) is 5.69 Å². The summed E-state index contributed by atoms with van der Waals surface area (Å²) in [6.07, 6.45) is 0.738. The fourth-order valence-electron chi connectivity index (χ4n) is 3.51. The number of halogens is 1. The van der Waals surface area contributed by atoms with E-state index in [1.54, 1.807) is 23.1 Å². The van der Waals surface area contributed by atoms with Crippen LogP contribution in [0.15, 0.2) is 46.9 Å². The monoisotopic (exact) mass is 471 g/mol. The van der Waals surface area contributed by atoms with Crippen molar-refractivity contribution in [2.24, 2.45) is 0 Å². The predicted molar refractivity (Wildman–Crippen MR) is 121 cm³/mol. The Balaban J connectivity index is 1.54. The normalized spacial score (nSPS) is 12.9. The number of rotatable bonds is 8. The number of hydrogen-bond acceptors (Lipinski definition) is 4. The van der Waals surface area contributed by atoms with Crippen LogP contribution >= 0.6 is 15.9 Å². The fourth-order valence-corrected chi connectivity index (χ4v) is 3.87. The number of anilines is 1. The third-order valence-corrected chi connectivity index (χ3v) is 5.76. The fraction of sp³-hybridized carbons (Fsp3) is 0.348. The van der Waals surface area contributed by atoms with Gasteiger partial charge in [-0.1, -0.05) is 28.1 Å². The summed E-state index contributed by atoms with van der Waals surface area (Å²) in [4.78, 5) is 42.8. The molecule has 2 aromatic carbocycles. The molecule has 1 aliphatic rings. The number of amides is 3. The number of nitrogens with zero attached hydrogens (tertiary/aromatic N) is 3. The average molecular weight is 472 g/mol. The van der Waals surface area contributed by atoms with Crippen molar-refractivity contribution in [3.63, 3.8) is 0 Å². The molecule has 0 saturated heterocycles. The second kappa shape index (κ2) is 9.43. The zero-order valence-corrected chi connectivity index (χ0v) is 19.1. The molecule has 0 spiro atoms. The zero-order valence-electron chi connectivity index (χ0n) is 17.5. The summed E-state index contributed by atoms with van der Waals surface area (Å²) in [6, 6.07) is 13.2. The van der Waals surface area contributed by atoms with E-state index in [9.17, 15) is 14.4 Å². The van der Waals surface area contributed by atoms with Gasteiger partial charge in [-0.25, -0.2) is 0 Å². The van der Waals surface area contributed by atoms with Crippen LogP contribution in [0.2, 0.25) is 0 Å². The lowest BCUT2D eigenvalue weighted by molar-refractivity contribution is -0.131. The van der Waals surface area contributed by atoms with Gasteiger partial charge in [0.05, 0.1) is 11.1 Å². The summed E-state index contributed by atoms with van der Waals surface area (Å²) in [5.41, 5.74) is 3.02. The van der Waals surface area contributed by atoms with E-state index in [0.29, 0.717) is 37.1 Å². The van der Waals surface area contributed by atoms with Crippen molar-refractivity contribution < 1.29 is 14.4 Å². The van der Waals surface area contributed by atoms with Gasteiger partial charge in [0, 0.05) is 50.3 Å². The molecule has 2 aromatic rings. The van der Waals surface area contributed by atoms with Crippen LogP contribution in [0.1, 0.15) is 46.0 Å². The molecule has 0 aliphatic carbocycles. The first-order valence-electron chi connectivity index (χ1n) is 10.0. The molecular weight excluding hydrogens is 446 g/mol. The Morgan fingerprint density at radius 2 is 1.67 bits per heavy atom. The van der Waals surface area contributed by atoms with E-state index in [-0.39, 0.29) is 24.3 Å². The van der Waals surface area contributed by atoms with Crippen molar-refractivity contribution in [2.45, 2.75) is 26.3 Å². The quantitative estimate of drug-likeness (QED) is 0.547. The molecule has 6 nitrogen and oxygen atoms in total. The molecule has 0 bridgehead atoms. The van der Waals surface area contributed by atoms with Gasteiger partial charge in [0.15, 0.2) is 0 Å². The summed E-state index contributed by atoms with van der Waals surface area (Å²) >= 11 is 3.33. The standard InChI is InChI=1S/C23H26BrN3O3/c1-4-26(15-16-7-10-18(11-8-16)25(2)3)21(28)6-5-13-27-22(29)19-12-9-17(24)14-20(19)23(27)30/h7-12,14H,4-6,13,15H2,1-3H3. The van der Waals surface area contributed by atoms with Gasteiger partial charge < -0.3 is 9.80 Å². The molecule has 0 N–H and O–H groups in total. The highest BCUT2D eigenvalue weighted by Crippen LogP contribution is 2.26. The van der Waals surface area contributed by atoms with Crippen LogP contribution in [0.3, 0.4) is 0 Å². The van der Waals surface area contributed by atoms with E-state index in [1.807, 2.05) is 50.2 Å². The van der Waals surface area contributed by atoms with Crippen LogP contribution in [0.25, 0.3) is 0 Å². The molecule has 30 heavy (non-hydrogen) atoms. The van der Waals surface area contributed by atoms with Crippen molar-refractivity contribution in [1.82, 2.24) is 9.80 Å². The average Bonchev–Trinajstić information content (AvgIpc) is 2.96. The van der Waals surface area contributed by atoms with E-state index in [4.69, 9.17) is 0 Å². The molecule has 158 valence electrons. The second-order valence-electron chi connectivity index (χ2n) is 7.52. The Kier molecular flexibility index (Phi) is 6.92. The Morgan fingerprint density at radius 3 is 2.30 bits per heavy atom. The molecule has 7 heteroatoms. The van der Waals surface area contributed by atoms with Crippen LogP contribution in [-0.4, -0.2) is 54.7 Å². The van der Waals surface area contributed by atoms with Gasteiger partial charge in [0.2, 0.25) is 5.91 Å². The van der Waals surface area contributed by atoms with Gasteiger partial charge in [0.1, 0.15) is 0 Å². The lowest BCUT2D eigenvalue weighted by atomic mass is 10.1. The van der Waals surface area contributed by atoms with Gasteiger partial charge in [-0.2, -0.15) is 0 Å². The van der Waals surface area contributed by atoms with Crippen LogP contribution in [-0.2, 0) is 11.3 Å². The number of benzene rings is 2. The largest absolute Gasteiger partial charge is 0.378 e. The predicted octanol–water partition coefficient (Wildman–Crippen LogP) is 3.94. The molecule has 1 aliphatic heterocycles. The molecule has 0 atom stereocenters. The minimum absolute atomic E-state index is 0.0218. The maximum atomic E-state index is 12.7. The SMILES string of the molecule is CCN(Cc1ccc(N(C)C)cc1)C(=O)CCCN1C(=O)c2ccc(Br)cc2C1=O. The maximum absolute atomic E-state index is 12.7. The van der Waals surface area contributed by atoms with Crippen LogP contribution < -0.4 is 4.90 Å². The van der Waals surface area contributed by atoms with Crippen LogP contribution in [0.5, 0.6) is 0 Å². The summed E-state index contributed by atoms with van der Waals surface area (Å²) in [5, 5.41) is 0. The van der Waals surface area contributed by atoms with E-state index < -0.39 is 0 Å². The van der Waals surface area contributed by atoms with E-state index in [2.05, 4.69) is 15.9 Å². The van der Waals surface area contributed by atoms with Gasteiger partial charge >= 0.3 is 0 Å². The van der Waals surface area contributed by atoms with Gasteiger partial charge in [0.25, 0.3) is 11.8 Å². The minimum atomic E-state index is -0.294. The number of fused-ring (bicyclic) bond motifs is 1.